The number of nitrogens with two attached hydrogens (primary N) is 1. The molecule has 5 heteroatoms. The van der Waals surface area contributed by atoms with Gasteiger partial charge in [0.2, 0.25) is 0 Å². The Kier molecular flexibility index (Phi) is 3.66. The van der Waals surface area contributed by atoms with E-state index in [4.69, 9.17) is 21.8 Å². The second-order valence-corrected chi connectivity index (χ2v) is 5.31. The zero-order valence-corrected chi connectivity index (χ0v) is 11.7. The van der Waals surface area contributed by atoms with Crippen molar-refractivity contribution in [2.75, 3.05) is 0 Å². The van der Waals surface area contributed by atoms with Gasteiger partial charge in [-0.15, -0.1) is 0 Å². The second-order valence-electron chi connectivity index (χ2n) is 4.88. The Labute approximate surface area is 125 Å². The van der Waals surface area contributed by atoms with Crippen LogP contribution in [0.2, 0.25) is 5.02 Å². The van der Waals surface area contributed by atoms with Gasteiger partial charge in [-0.2, -0.15) is 0 Å². The maximum Gasteiger partial charge on any atom is 0.134 e. The Morgan fingerprint density at radius 2 is 1.90 bits per heavy atom. The van der Waals surface area contributed by atoms with E-state index in [2.05, 4.69) is 0 Å². The van der Waals surface area contributed by atoms with Crippen molar-refractivity contribution in [3.8, 4) is 0 Å². The van der Waals surface area contributed by atoms with Crippen LogP contribution in [-0.2, 0) is 6.42 Å². The molecule has 0 bridgehead atoms. The molecular weight excluding hydrogens is 296 g/mol. The molecule has 2 aromatic carbocycles. The average Bonchev–Trinajstić information content (AvgIpc) is 2.85. The lowest BCUT2D eigenvalue weighted by Crippen LogP contribution is -2.13. The molecule has 2 nitrogen and oxygen atoms in total. The number of benzene rings is 2. The molecule has 0 saturated carbocycles. The average molecular weight is 308 g/mol. The predicted molar refractivity (Wildman–Crippen MR) is 78.2 cm³/mol. The zero-order chi connectivity index (χ0) is 15.0. The summed E-state index contributed by atoms with van der Waals surface area (Å²) in [6, 6.07) is 9.97. The summed E-state index contributed by atoms with van der Waals surface area (Å²) in [7, 11) is 0. The summed E-state index contributed by atoms with van der Waals surface area (Å²) in [6.45, 7) is 0. The first-order chi connectivity index (χ1) is 10.0. The molecule has 0 radical (unpaired) electrons. The number of rotatable bonds is 3. The highest BCUT2D eigenvalue weighted by Gasteiger charge is 2.15. The first kappa shape index (κ1) is 14.0. The Hall–Kier alpha value is -1.91. The van der Waals surface area contributed by atoms with E-state index in [1.807, 2.05) is 0 Å². The molecule has 1 heterocycles. The van der Waals surface area contributed by atoms with Crippen molar-refractivity contribution >= 4 is 22.6 Å². The maximum absolute atomic E-state index is 13.6. The highest BCUT2D eigenvalue weighted by molar-refractivity contribution is 6.31. The molecular formula is C16H12ClF2NO. The van der Waals surface area contributed by atoms with Crippen LogP contribution in [0.3, 0.4) is 0 Å². The molecule has 3 rings (SSSR count). The SMILES string of the molecule is NC(Cc1ccc(F)cc1F)c1cc2cc(Cl)ccc2o1. The molecule has 108 valence electrons. The number of halogens is 3. The summed E-state index contributed by atoms with van der Waals surface area (Å²) in [4.78, 5) is 0. The molecule has 2 N–H and O–H groups in total. The van der Waals surface area contributed by atoms with Crippen molar-refractivity contribution in [2.24, 2.45) is 5.73 Å². The molecule has 1 unspecified atom stereocenters. The van der Waals surface area contributed by atoms with Gasteiger partial charge in [0.25, 0.3) is 0 Å². The first-order valence-electron chi connectivity index (χ1n) is 6.41. The lowest BCUT2D eigenvalue weighted by molar-refractivity contribution is 0.486. The van der Waals surface area contributed by atoms with Gasteiger partial charge in [-0.05, 0) is 42.3 Å². The van der Waals surface area contributed by atoms with Crippen LogP contribution in [0.25, 0.3) is 11.0 Å². The molecule has 0 aliphatic carbocycles. The highest BCUT2D eigenvalue weighted by atomic mass is 35.5. The van der Waals surface area contributed by atoms with Crippen LogP contribution in [0.15, 0.2) is 46.9 Å². The van der Waals surface area contributed by atoms with Crippen molar-refractivity contribution in [1.29, 1.82) is 0 Å². The second kappa shape index (κ2) is 5.47. The van der Waals surface area contributed by atoms with Crippen LogP contribution in [0.1, 0.15) is 17.4 Å². The lowest BCUT2D eigenvalue weighted by Gasteiger charge is -2.09. The number of hydrogen-bond acceptors (Lipinski definition) is 2. The largest absolute Gasteiger partial charge is 0.459 e. The van der Waals surface area contributed by atoms with Gasteiger partial charge in [0.15, 0.2) is 0 Å². The van der Waals surface area contributed by atoms with Gasteiger partial charge in [-0.3, -0.25) is 0 Å². The monoisotopic (exact) mass is 307 g/mol. The maximum atomic E-state index is 13.6. The summed E-state index contributed by atoms with van der Waals surface area (Å²) >= 11 is 5.91. The smallest absolute Gasteiger partial charge is 0.134 e. The topological polar surface area (TPSA) is 39.2 Å². The Bertz CT molecular complexity index is 800. The third-order valence-electron chi connectivity index (χ3n) is 3.32. The van der Waals surface area contributed by atoms with E-state index in [-0.39, 0.29) is 6.42 Å². The number of hydrogen-bond donors (Lipinski definition) is 1. The van der Waals surface area contributed by atoms with Crippen molar-refractivity contribution < 1.29 is 13.2 Å². The summed E-state index contributed by atoms with van der Waals surface area (Å²) in [5.74, 6) is -0.677. The standard InChI is InChI=1S/C16H12ClF2NO/c17-11-2-4-15-10(5-11)7-16(21-15)14(20)6-9-1-3-12(18)8-13(9)19/h1-5,7-8,14H,6,20H2. The van der Waals surface area contributed by atoms with Gasteiger partial charge in [0.1, 0.15) is 23.0 Å². The van der Waals surface area contributed by atoms with Crippen LogP contribution in [-0.4, -0.2) is 0 Å². The Morgan fingerprint density at radius 3 is 2.67 bits per heavy atom. The minimum absolute atomic E-state index is 0.222. The minimum Gasteiger partial charge on any atom is -0.459 e. The Balaban J connectivity index is 1.87. The fraction of sp³-hybridized carbons (Fsp3) is 0.125. The fourth-order valence-electron chi connectivity index (χ4n) is 2.24. The van der Waals surface area contributed by atoms with E-state index in [9.17, 15) is 8.78 Å². The van der Waals surface area contributed by atoms with E-state index >= 15 is 0 Å². The fourth-order valence-corrected chi connectivity index (χ4v) is 2.42. The van der Waals surface area contributed by atoms with Crippen molar-refractivity contribution in [1.82, 2.24) is 0 Å². The third kappa shape index (κ3) is 2.91. The van der Waals surface area contributed by atoms with Gasteiger partial charge in [-0.1, -0.05) is 17.7 Å². The number of furan rings is 1. The molecule has 1 aromatic heterocycles. The van der Waals surface area contributed by atoms with E-state index in [0.717, 1.165) is 11.5 Å². The molecule has 0 aliphatic heterocycles. The first-order valence-corrected chi connectivity index (χ1v) is 6.79. The highest BCUT2D eigenvalue weighted by Crippen LogP contribution is 2.27. The molecule has 0 spiro atoms. The van der Waals surface area contributed by atoms with E-state index in [1.54, 1.807) is 24.3 Å². The molecule has 0 fully saturated rings. The zero-order valence-electron chi connectivity index (χ0n) is 10.9. The van der Waals surface area contributed by atoms with Crippen LogP contribution in [0.4, 0.5) is 8.78 Å². The molecule has 3 aromatic rings. The van der Waals surface area contributed by atoms with Gasteiger partial charge >= 0.3 is 0 Å². The summed E-state index contributed by atoms with van der Waals surface area (Å²) in [6.07, 6.45) is 0.222. The van der Waals surface area contributed by atoms with Gasteiger partial charge in [0.05, 0.1) is 6.04 Å². The third-order valence-corrected chi connectivity index (χ3v) is 3.55. The summed E-state index contributed by atoms with van der Waals surface area (Å²) in [5.41, 5.74) is 7.07. The molecule has 1 atom stereocenters. The van der Waals surface area contributed by atoms with Crippen LogP contribution in [0, 0.1) is 11.6 Å². The van der Waals surface area contributed by atoms with Crippen LogP contribution < -0.4 is 5.73 Å². The quantitative estimate of drug-likeness (QED) is 0.767. The van der Waals surface area contributed by atoms with Gasteiger partial charge in [0, 0.05) is 16.5 Å². The molecule has 0 amide bonds. The minimum atomic E-state index is -0.608. The molecule has 0 aliphatic rings. The normalized spacial score (nSPS) is 12.8. The van der Waals surface area contributed by atoms with Crippen LogP contribution >= 0.6 is 11.6 Å². The van der Waals surface area contributed by atoms with Gasteiger partial charge in [-0.25, -0.2) is 8.78 Å². The Morgan fingerprint density at radius 1 is 1.10 bits per heavy atom. The van der Waals surface area contributed by atoms with E-state index in [1.165, 1.54) is 12.1 Å². The van der Waals surface area contributed by atoms with Crippen molar-refractivity contribution in [3.63, 3.8) is 0 Å². The molecule has 21 heavy (non-hydrogen) atoms. The van der Waals surface area contributed by atoms with E-state index < -0.39 is 17.7 Å². The molecule has 0 saturated heterocycles. The lowest BCUT2D eigenvalue weighted by atomic mass is 10.0. The number of fused-ring (bicyclic) bond motifs is 1. The summed E-state index contributed by atoms with van der Waals surface area (Å²) in [5, 5.41) is 1.44. The van der Waals surface area contributed by atoms with Gasteiger partial charge < -0.3 is 10.2 Å². The van der Waals surface area contributed by atoms with Crippen molar-refractivity contribution in [2.45, 2.75) is 12.5 Å². The van der Waals surface area contributed by atoms with Crippen LogP contribution in [0.5, 0.6) is 0 Å². The van der Waals surface area contributed by atoms with E-state index in [0.29, 0.717) is 21.9 Å². The summed E-state index contributed by atoms with van der Waals surface area (Å²) < 4.78 is 32.2. The predicted octanol–water partition coefficient (Wildman–Crippen LogP) is 4.61. The van der Waals surface area contributed by atoms with Crippen molar-refractivity contribution in [3.05, 3.63) is 70.4 Å².